The number of aliphatic hydroxyl groups excluding tert-OH is 8. The molecule has 12 atom stereocenters. The van der Waals surface area contributed by atoms with E-state index in [1.807, 2.05) is 0 Å². The normalized spacial score (nSPS) is 35.2. The molecular weight excluding hydrogens is 640 g/mol. The molecule has 16 heteroatoms. The van der Waals surface area contributed by atoms with Crippen molar-refractivity contribution in [2.45, 2.75) is 74.3 Å². The summed E-state index contributed by atoms with van der Waals surface area (Å²) in [6.45, 7) is -1.02. The van der Waals surface area contributed by atoms with Gasteiger partial charge in [-0.2, -0.15) is 0 Å². The molecule has 5 rings (SSSR count). The van der Waals surface area contributed by atoms with E-state index in [0.717, 1.165) is 11.1 Å². The molecule has 0 amide bonds. The van der Waals surface area contributed by atoms with Crippen LogP contribution in [0.25, 0.3) is 0 Å². The van der Waals surface area contributed by atoms with E-state index in [1.165, 1.54) is 14.2 Å². The van der Waals surface area contributed by atoms with Gasteiger partial charge in [0.25, 0.3) is 0 Å². The van der Waals surface area contributed by atoms with Gasteiger partial charge in [0.15, 0.2) is 23.0 Å². The smallest absolute Gasteiger partial charge is 0.309 e. The second-order valence-electron chi connectivity index (χ2n) is 12.0. The number of hydrogen-bond acceptors (Lipinski definition) is 16. The van der Waals surface area contributed by atoms with Crippen LogP contribution in [0.15, 0.2) is 36.4 Å². The monoisotopic (exact) mass is 682 g/mol. The van der Waals surface area contributed by atoms with Crippen molar-refractivity contribution < 1.29 is 78.8 Å². The second-order valence-corrected chi connectivity index (χ2v) is 12.0. The summed E-state index contributed by atoms with van der Waals surface area (Å²) in [6, 6.07) is 9.96. The van der Waals surface area contributed by atoms with E-state index in [4.69, 9.17) is 33.2 Å². The molecule has 266 valence electrons. The standard InChI is InChI=1S/C32H42O16/c1-42-20-9-14(3-5-18(20)45-31-28(39)26(37)24(35)22(11-33)47-31)7-16-13-44-30(41)17(16)8-15-4-6-19(21(10-15)43-2)46-32-29(40)27(38)25(36)23(12-34)48-32/h3-6,9-10,16-17,22-29,31-40H,7-8,11-13H2,1-2H3/t16-,17-,22-,23+,24-,25+,26-,27+,28-,29+,31-,32+/m0/s1. The molecule has 0 bridgehead atoms. The Labute approximate surface area is 275 Å². The Morgan fingerprint density at radius 3 is 1.54 bits per heavy atom. The maximum atomic E-state index is 12.8. The predicted molar refractivity (Wildman–Crippen MR) is 160 cm³/mol. The number of esters is 1. The lowest BCUT2D eigenvalue weighted by atomic mass is 9.85. The summed E-state index contributed by atoms with van der Waals surface area (Å²) in [5.74, 6) is -0.208. The summed E-state index contributed by atoms with van der Waals surface area (Å²) in [5, 5.41) is 79.8. The number of carbonyl (C=O) groups is 1. The third-order valence-corrected chi connectivity index (χ3v) is 8.90. The number of aliphatic hydroxyl groups is 8. The molecule has 16 nitrogen and oxygen atoms in total. The quantitative estimate of drug-likeness (QED) is 0.109. The number of benzene rings is 2. The number of carbonyl (C=O) groups excluding carboxylic acids is 1. The van der Waals surface area contributed by atoms with Crippen molar-refractivity contribution in [3.8, 4) is 23.0 Å². The zero-order chi connectivity index (χ0) is 34.7. The third-order valence-electron chi connectivity index (χ3n) is 8.90. The first-order valence-electron chi connectivity index (χ1n) is 15.4. The Morgan fingerprint density at radius 2 is 1.10 bits per heavy atom. The lowest BCUT2D eigenvalue weighted by Crippen LogP contribution is -2.60. The van der Waals surface area contributed by atoms with Crippen LogP contribution in [-0.2, 0) is 31.8 Å². The van der Waals surface area contributed by atoms with Crippen LogP contribution in [0.2, 0.25) is 0 Å². The molecule has 0 saturated carbocycles. The molecule has 3 saturated heterocycles. The van der Waals surface area contributed by atoms with Crippen molar-refractivity contribution in [1.82, 2.24) is 0 Å². The van der Waals surface area contributed by atoms with Crippen molar-refractivity contribution in [3.63, 3.8) is 0 Å². The number of cyclic esters (lactones) is 1. The minimum absolute atomic E-state index is 0.161. The fourth-order valence-corrected chi connectivity index (χ4v) is 6.07. The summed E-state index contributed by atoms with van der Waals surface area (Å²) < 4.78 is 38.7. The highest BCUT2D eigenvalue weighted by molar-refractivity contribution is 5.75. The summed E-state index contributed by atoms with van der Waals surface area (Å²) in [6.07, 6.45) is -13.8. The van der Waals surface area contributed by atoms with Crippen LogP contribution in [0.3, 0.4) is 0 Å². The molecule has 0 aromatic heterocycles. The van der Waals surface area contributed by atoms with E-state index in [0.29, 0.717) is 12.8 Å². The molecule has 0 spiro atoms. The van der Waals surface area contributed by atoms with Crippen LogP contribution in [0, 0.1) is 11.8 Å². The average Bonchev–Trinajstić information content (AvgIpc) is 3.43. The predicted octanol–water partition coefficient (Wildman–Crippen LogP) is -2.36. The molecule has 3 aliphatic rings. The summed E-state index contributed by atoms with van der Waals surface area (Å²) >= 11 is 0. The van der Waals surface area contributed by atoms with Gasteiger partial charge in [-0.1, -0.05) is 12.1 Å². The fraction of sp³-hybridized carbons (Fsp3) is 0.594. The number of methoxy groups -OCH3 is 2. The molecule has 3 aliphatic heterocycles. The van der Waals surface area contributed by atoms with Gasteiger partial charge in [-0.05, 0) is 48.2 Å². The SMILES string of the molecule is COc1cc(C[C@H]2COC(=O)[C@H]2Cc2ccc(O[C@@H]3O[C@H](CO)[C@@H](O)[C@@H](O)[C@H]3O)c(OC)c2)ccc1O[C@H]1O[C@@H](CO)[C@H](O)[C@H](O)[C@@H]1O. The number of hydrogen-bond donors (Lipinski definition) is 8. The van der Waals surface area contributed by atoms with E-state index < -0.39 is 80.5 Å². The minimum Gasteiger partial charge on any atom is -0.493 e. The maximum Gasteiger partial charge on any atom is 0.309 e. The van der Waals surface area contributed by atoms with Crippen LogP contribution in [0.5, 0.6) is 23.0 Å². The Hall–Kier alpha value is -3.29. The van der Waals surface area contributed by atoms with E-state index in [1.54, 1.807) is 36.4 Å². The van der Waals surface area contributed by atoms with Gasteiger partial charge in [-0.15, -0.1) is 0 Å². The van der Waals surface area contributed by atoms with Crippen LogP contribution in [0.4, 0.5) is 0 Å². The molecule has 0 unspecified atom stereocenters. The van der Waals surface area contributed by atoms with Crippen molar-refractivity contribution >= 4 is 5.97 Å². The van der Waals surface area contributed by atoms with E-state index in [2.05, 4.69) is 0 Å². The topological polar surface area (TPSA) is 244 Å². The fourth-order valence-electron chi connectivity index (χ4n) is 6.07. The number of rotatable bonds is 12. The molecule has 48 heavy (non-hydrogen) atoms. The largest absolute Gasteiger partial charge is 0.493 e. The van der Waals surface area contributed by atoms with Crippen molar-refractivity contribution in [3.05, 3.63) is 47.5 Å². The van der Waals surface area contributed by atoms with Gasteiger partial charge in [-0.25, -0.2) is 0 Å². The summed E-state index contributed by atoms with van der Waals surface area (Å²) in [7, 11) is 2.83. The van der Waals surface area contributed by atoms with Gasteiger partial charge < -0.3 is 74.0 Å². The van der Waals surface area contributed by atoms with Gasteiger partial charge in [-0.3, -0.25) is 4.79 Å². The first-order chi connectivity index (χ1) is 23.0. The molecule has 0 radical (unpaired) electrons. The van der Waals surface area contributed by atoms with Gasteiger partial charge in [0.2, 0.25) is 12.6 Å². The van der Waals surface area contributed by atoms with Crippen molar-refractivity contribution in [2.75, 3.05) is 34.0 Å². The van der Waals surface area contributed by atoms with Crippen LogP contribution >= 0.6 is 0 Å². The molecule has 3 heterocycles. The zero-order valence-electron chi connectivity index (χ0n) is 26.3. The van der Waals surface area contributed by atoms with Gasteiger partial charge in [0.1, 0.15) is 48.8 Å². The molecule has 2 aromatic carbocycles. The highest BCUT2D eigenvalue weighted by atomic mass is 16.7. The van der Waals surface area contributed by atoms with E-state index in [9.17, 15) is 45.6 Å². The molecule has 8 N–H and O–H groups in total. The zero-order valence-corrected chi connectivity index (χ0v) is 26.3. The van der Waals surface area contributed by atoms with E-state index >= 15 is 0 Å². The van der Waals surface area contributed by atoms with E-state index in [-0.39, 0.29) is 41.5 Å². The Bertz CT molecular complexity index is 1390. The first kappa shape index (κ1) is 36.0. The third kappa shape index (κ3) is 7.47. The lowest BCUT2D eigenvalue weighted by Gasteiger charge is -2.39. The highest BCUT2D eigenvalue weighted by Crippen LogP contribution is 2.37. The van der Waals surface area contributed by atoms with Crippen molar-refractivity contribution in [2.24, 2.45) is 11.8 Å². The maximum absolute atomic E-state index is 12.8. The van der Waals surface area contributed by atoms with Crippen molar-refractivity contribution in [1.29, 1.82) is 0 Å². The molecule has 2 aromatic rings. The molecular formula is C32H42O16. The van der Waals surface area contributed by atoms with Crippen LogP contribution in [0.1, 0.15) is 11.1 Å². The Kier molecular flexibility index (Phi) is 11.6. The van der Waals surface area contributed by atoms with Crippen LogP contribution < -0.4 is 18.9 Å². The summed E-state index contributed by atoms with van der Waals surface area (Å²) in [5.41, 5.74) is 1.52. The first-order valence-corrected chi connectivity index (χ1v) is 15.4. The molecule has 0 aliphatic carbocycles. The minimum atomic E-state index is -1.61. The second kappa shape index (κ2) is 15.5. The van der Waals surface area contributed by atoms with Gasteiger partial charge >= 0.3 is 5.97 Å². The van der Waals surface area contributed by atoms with Gasteiger partial charge in [0, 0.05) is 5.92 Å². The molecule has 3 fully saturated rings. The Morgan fingerprint density at radius 1 is 0.646 bits per heavy atom. The van der Waals surface area contributed by atoms with Crippen LogP contribution in [-0.4, -0.2) is 142 Å². The highest BCUT2D eigenvalue weighted by Gasteiger charge is 2.46. The summed E-state index contributed by atoms with van der Waals surface area (Å²) in [4.78, 5) is 12.8. The van der Waals surface area contributed by atoms with Gasteiger partial charge in [0.05, 0.1) is 40.0 Å². The number of ether oxygens (including phenoxy) is 7. The average molecular weight is 683 g/mol. The Balaban J connectivity index is 1.25. The lowest BCUT2D eigenvalue weighted by molar-refractivity contribution is -0.277.